The topological polar surface area (TPSA) is 110 Å². The Kier molecular flexibility index (Phi) is 5.36. The lowest BCUT2D eigenvalue weighted by Gasteiger charge is -2.11. The standard InChI is InChI=1S/C17H20N4O4S/c1-12-2-4-14(5-3-12)25-10-17(22)19-16-7-6-15(20-21-16)18-13-8-9-26(23,24)11-13/h2-7,13H,8-11H2,1H3,(H,18,20)(H,19,21,22). The molecule has 26 heavy (non-hydrogen) atoms. The van der Waals surface area contributed by atoms with Gasteiger partial charge in [-0.15, -0.1) is 10.2 Å². The number of aryl methyl sites for hydroxylation is 1. The van der Waals surface area contributed by atoms with E-state index in [1.165, 1.54) is 0 Å². The summed E-state index contributed by atoms with van der Waals surface area (Å²) in [7, 11) is -2.95. The fourth-order valence-corrected chi connectivity index (χ4v) is 4.23. The van der Waals surface area contributed by atoms with E-state index in [1.807, 2.05) is 19.1 Å². The SMILES string of the molecule is Cc1ccc(OCC(=O)Nc2ccc(NC3CCS(=O)(=O)C3)nn2)cc1. The molecule has 0 saturated carbocycles. The van der Waals surface area contributed by atoms with Crippen LogP contribution in [0.4, 0.5) is 11.6 Å². The zero-order valence-electron chi connectivity index (χ0n) is 14.3. The van der Waals surface area contributed by atoms with Gasteiger partial charge in [-0.2, -0.15) is 0 Å². The monoisotopic (exact) mass is 376 g/mol. The van der Waals surface area contributed by atoms with Gasteiger partial charge in [-0.25, -0.2) is 8.42 Å². The molecule has 1 atom stereocenters. The van der Waals surface area contributed by atoms with Crippen LogP contribution in [0.3, 0.4) is 0 Å². The predicted octanol–water partition coefficient (Wildman–Crippen LogP) is 1.40. The van der Waals surface area contributed by atoms with Crippen LogP contribution >= 0.6 is 0 Å². The number of hydrogen-bond acceptors (Lipinski definition) is 7. The maximum Gasteiger partial charge on any atom is 0.263 e. The first-order chi connectivity index (χ1) is 12.4. The van der Waals surface area contributed by atoms with Gasteiger partial charge in [-0.3, -0.25) is 4.79 Å². The smallest absolute Gasteiger partial charge is 0.263 e. The molecular formula is C17H20N4O4S. The Morgan fingerprint density at radius 2 is 1.85 bits per heavy atom. The Morgan fingerprint density at radius 1 is 1.15 bits per heavy atom. The Bertz CT molecular complexity index is 867. The number of benzene rings is 1. The Balaban J connectivity index is 1.47. The van der Waals surface area contributed by atoms with Crippen LogP contribution in [-0.2, 0) is 14.6 Å². The summed E-state index contributed by atoms with van der Waals surface area (Å²) in [6.07, 6.45) is 0.554. The summed E-state index contributed by atoms with van der Waals surface area (Å²) >= 11 is 0. The molecule has 1 unspecified atom stereocenters. The summed E-state index contributed by atoms with van der Waals surface area (Å²) in [6.45, 7) is 1.84. The molecule has 0 spiro atoms. The first-order valence-electron chi connectivity index (χ1n) is 8.20. The number of hydrogen-bond donors (Lipinski definition) is 2. The molecule has 2 aromatic rings. The van der Waals surface area contributed by atoms with Gasteiger partial charge in [0.05, 0.1) is 11.5 Å². The van der Waals surface area contributed by atoms with Gasteiger partial charge in [0.1, 0.15) is 11.6 Å². The number of ether oxygens (including phenoxy) is 1. The van der Waals surface area contributed by atoms with Crippen LogP contribution in [0.15, 0.2) is 36.4 Å². The van der Waals surface area contributed by atoms with Crippen LogP contribution < -0.4 is 15.4 Å². The molecular weight excluding hydrogens is 356 g/mol. The molecule has 1 aromatic heterocycles. The van der Waals surface area contributed by atoms with Crippen LogP contribution in [0.1, 0.15) is 12.0 Å². The third-order valence-corrected chi connectivity index (χ3v) is 5.68. The summed E-state index contributed by atoms with van der Waals surface area (Å²) in [6, 6.07) is 10.5. The zero-order valence-corrected chi connectivity index (χ0v) is 15.1. The minimum absolute atomic E-state index is 0.101. The van der Waals surface area contributed by atoms with Crippen molar-refractivity contribution >= 4 is 27.4 Å². The number of nitrogens with zero attached hydrogens (tertiary/aromatic N) is 2. The van der Waals surface area contributed by atoms with Crippen molar-refractivity contribution in [3.8, 4) is 5.75 Å². The lowest BCUT2D eigenvalue weighted by molar-refractivity contribution is -0.118. The minimum atomic E-state index is -2.95. The van der Waals surface area contributed by atoms with E-state index < -0.39 is 9.84 Å². The molecule has 0 bridgehead atoms. The molecule has 1 aromatic carbocycles. The Hall–Kier alpha value is -2.68. The van der Waals surface area contributed by atoms with E-state index in [0.29, 0.717) is 23.8 Å². The van der Waals surface area contributed by atoms with Crippen molar-refractivity contribution in [2.24, 2.45) is 0 Å². The minimum Gasteiger partial charge on any atom is -0.484 e. The molecule has 8 nitrogen and oxygen atoms in total. The highest BCUT2D eigenvalue weighted by atomic mass is 32.2. The highest BCUT2D eigenvalue weighted by Crippen LogP contribution is 2.16. The number of rotatable bonds is 6. The van der Waals surface area contributed by atoms with Crippen molar-refractivity contribution in [1.29, 1.82) is 0 Å². The van der Waals surface area contributed by atoms with Crippen molar-refractivity contribution < 1.29 is 17.9 Å². The molecule has 0 radical (unpaired) electrons. The van der Waals surface area contributed by atoms with Gasteiger partial charge in [0.25, 0.3) is 5.91 Å². The second kappa shape index (κ2) is 7.69. The van der Waals surface area contributed by atoms with E-state index in [4.69, 9.17) is 4.74 Å². The summed E-state index contributed by atoms with van der Waals surface area (Å²) in [5.74, 6) is 1.33. The first-order valence-corrected chi connectivity index (χ1v) is 10.0. The molecule has 1 aliphatic rings. The molecule has 1 saturated heterocycles. The van der Waals surface area contributed by atoms with Gasteiger partial charge in [-0.05, 0) is 37.6 Å². The first kappa shape index (κ1) is 18.1. The number of amides is 1. The largest absolute Gasteiger partial charge is 0.484 e. The van der Waals surface area contributed by atoms with Crippen LogP contribution in [0.25, 0.3) is 0 Å². The summed E-state index contributed by atoms with van der Waals surface area (Å²) < 4.78 is 28.3. The second-order valence-corrected chi connectivity index (χ2v) is 8.43. The number of carbonyl (C=O) groups is 1. The number of nitrogens with one attached hydrogen (secondary N) is 2. The Morgan fingerprint density at radius 3 is 2.46 bits per heavy atom. The molecule has 1 aliphatic heterocycles. The van der Waals surface area contributed by atoms with Gasteiger partial charge in [0.15, 0.2) is 22.3 Å². The van der Waals surface area contributed by atoms with E-state index >= 15 is 0 Å². The zero-order chi connectivity index (χ0) is 18.6. The Labute approximate surface area is 151 Å². The molecule has 3 rings (SSSR count). The van der Waals surface area contributed by atoms with E-state index in [0.717, 1.165) is 5.56 Å². The fourth-order valence-electron chi connectivity index (χ4n) is 2.56. The van der Waals surface area contributed by atoms with Crippen molar-refractivity contribution in [3.05, 3.63) is 42.0 Å². The maximum atomic E-state index is 11.9. The highest BCUT2D eigenvalue weighted by Gasteiger charge is 2.27. The molecule has 1 fully saturated rings. The van der Waals surface area contributed by atoms with Gasteiger partial charge < -0.3 is 15.4 Å². The number of aromatic nitrogens is 2. The molecule has 2 N–H and O–H groups in total. The third kappa shape index (κ3) is 5.16. The average Bonchev–Trinajstić information content (AvgIpc) is 2.95. The normalized spacial score (nSPS) is 18.3. The van der Waals surface area contributed by atoms with Gasteiger partial charge in [0, 0.05) is 6.04 Å². The summed E-state index contributed by atoms with van der Waals surface area (Å²) in [5.41, 5.74) is 1.11. The van der Waals surface area contributed by atoms with Crippen LogP contribution in [0, 0.1) is 6.92 Å². The quantitative estimate of drug-likeness (QED) is 0.784. The average molecular weight is 376 g/mol. The second-order valence-electron chi connectivity index (χ2n) is 6.20. The summed E-state index contributed by atoms with van der Waals surface area (Å²) in [5, 5.41) is 13.5. The number of anilines is 2. The lowest BCUT2D eigenvalue weighted by Crippen LogP contribution is -2.22. The summed E-state index contributed by atoms with van der Waals surface area (Å²) in [4.78, 5) is 11.9. The van der Waals surface area contributed by atoms with E-state index in [9.17, 15) is 13.2 Å². The van der Waals surface area contributed by atoms with Crippen molar-refractivity contribution in [2.45, 2.75) is 19.4 Å². The highest BCUT2D eigenvalue weighted by molar-refractivity contribution is 7.91. The molecule has 2 heterocycles. The van der Waals surface area contributed by atoms with Crippen LogP contribution in [0.5, 0.6) is 5.75 Å². The van der Waals surface area contributed by atoms with Gasteiger partial charge in [0.2, 0.25) is 0 Å². The van der Waals surface area contributed by atoms with Gasteiger partial charge in [-0.1, -0.05) is 17.7 Å². The molecule has 138 valence electrons. The van der Waals surface area contributed by atoms with Crippen LogP contribution in [0.2, 0.25) is 0 Å². The van der Waals surface area contributed by atoms with E-state index in [2.05, 4.69) is 20.8 Å². The van der Waals surface area contributed by atoms with Crippen molar-refractivity contribution in [1.82, 2.24) is 10.2 Å². The number of carbonyl (C=O) groups excluding carboxylic acids is 1. The van der Waals surface area contributed by atoms with Crippen LogP contribution in [-0.4, -0.2) is 48.7 Å². The maximum absolute atomic E-state index is 11.9. The molecule has 0 aliphatic carbocycles. The fraction of sp³-hybridized carbons (Fsp3) is 0.353. The van der Waals surface area contributed by atoms with Crippen molar-refractivity contribution in [3.63, 3.8) is 0 Å². The van der Waals surface area contributed by atoms with Gasteiger partial charge >= 0.3 is 0 Å². The molecule has 1 amide bonds. The van der Waals surface area contributed by atoms with E-state index in [-0.39, 0.29) is 30.1 Å². The van der Waals surface area contributed by atoms with Crippen molar-refractivity contribution in [2.75, 3.05) is 28.7 Å². The predicted molar refractivity (Wildman–Crippen MR) is 98.0 cm³/mol. The number of sulfone groups is 1. The third-order valence-electron chi connectivity index (χ3n) is 3.91. The van der Waals surface area contributed by atoms with E-state index in [1.54, 1.807) is 24.3 Å². The lowest BCUT2D eigenvalue weighted by atomic mass is 10.2. The molecule has 9 heteroatoms.